The van der Waals surface area contributed by atoms with Crippen LogP contribution in [-0.4, -0.2) is 30.2 Å². The molecule has 3 rings (SSSR count). The zero-order valence-corrected chi connectivity index (χ0v) is 16.8. The highest BCUT2D eigenvalue weighted by molar-refractivity contribution is 5.92. The molecule has 3 N–H and O–H groups in total. The molecule has 0 aliphatic rings. The Balaban J connectivity index is 1.69. The minimum absolute atomic E-state index is 0.00816. The monoisotopic (exact) mass is 410 g/mol. The number of anilines is 1. The van der Waals surface area contributed by atoms with Crippen LogP contribution in [0.1, 0.15) is 31.1 Å². The zero-order chi connectivity index (χ0) is 21.5. The van der Waals surface area contributed by atoms with Gasteiger partial charge in [-0.3, -0.25) is 4.79 Å². The minimum atomic E-state index is -0.474. The number of rotatable bonds is 7. The smallest absolute Gasteiger partial charge is 0.327 e. The van der Waals surface area contributed by atoms with Crippen LogP contribution in [-0.2, 0) is 9.53 Å². The first-order valence-corrected chi connectivity index (χ1v) is 9.52. The predicted octanol–water partition coefficient (Wildman–Crippen LogP) is 3.92. The number of aromatic nitrogens is 1. The number of ether oxygens (including phenoxy) is 1. The van der Waals surface area contributed by atoms with Gasteiger partial charge in [0, 0.05) is 17.5 Å². The lowest BCUT2D eigenvalue weighted by atomic mass is 9.95. The number of carbonyl (C=O) groups is 1. The van der Waals surface area contributed by atoms with E-state index in [0.717, 1.165) is 11.1 Å². The van der Waals surface area contributed by atoms with Crippen molar-refractivity contribution in [1.29, 1.82) is 0 Å². The average molecular weight is 410 g/mol. The van der Waals surface area contributed by atoms with Gasteiger partial charge >= 0.3 is 5.97 Å². The first kappa shape index (κ1) is 21.0. The van der Waals surface area contributed by atoms with E-state index < -0.39 is 5.97 Å². The van der Waals surface area contributed by atoms with Gasteiger partial charge in [-0.1, -0.05) is 54.5 Å². The average Bonchev–Trinajstić information content (AvgIpc) is 3.21. The Labute approximate surface area is 173 Å². The molecule has 1 heterocycles. The van der Waals surface area contributed by atoms with Crippen molar-refractivity contribution < 1.29 is 18.4 Å². The number of guanidine groups is 1. The van der Waals surface area contributed by atoms with Gasteiger partial charge in [0.2, 0.25) is 0 Å². The lowest BCUT2D eigenvalue weighted by molar-refractivity contribution is -0.141. The Morgan fingerprint density at radius 3 is 2.73 bits per heavy atom. The van der Waals surface area contributed by atoms with Gasteiger partial charge in [-0.2, -0.15) is 0 Å². The molecule has 30 heavy (non-hydrogen) atoms. The molecule has 0 radical (unpaired) electrons. The molecule has 0 saturated heterocycles. The maximum Gasteiger partial charge on any atom is 0.327 e. The number of esters is 1. The van der Waals surface area contributed by atoms with Gasteiger partial charge in [-0.15, -0.1) is 0 Å². The van der Waals surface area contributed by atoms with Gasteiger partial charge in [0.15, 0.2) is 11.8 Å². The summed E-state index contributed by atoms with van der Waals surface area (Å²) in [5.41, 5.74) is 7.84. The molecule has 0 bridgehead atoms. The van der Waals surface area contributed by atoms with Gasteiger partial charge in [-0.05, 0) is 24.1 Å². The number of hydrogen-bond acceptors (Lipinski definition) is 5. The van der Waals surface area contributed by atoms with E-state index in [0.29, 0.717) is 17.1 Å². The molecule has 1 aromatic heterocycles. The maximum atomic E-state index is 14.7. The fraction of sp³-hybridized carbons (Fsp3) is 0.227. The number of nitrogens with one attached hydrogen (secondary N) is 1. The van der Waals surface area contributed by atoms with Gasteiger partial charge in [-0.25, -0.2) is 9.38 Å². The lowest BCUT2D eigenvalue weighted by Crippen LogP contribution is -2.24. The van der Waals surface area contributed by atoms with E-state index in [1.807, 2.05) is 43.3 Å². The van der Waals surface area contributed by atoms with Crippen molar-refractivity contribution in [2.75, 3.05) is 18.5 Å². The van der Waals surface area contributed by atoms with Crippen molar-refractivity contribution in [3.05, 3.63) is 71.7 Å². The van der Waals surface area contributed by atoms with Crippen LogP contribution in [0, 0.1) is 5.82 Å². The van der Waals surface area contributed by atoms with E-state index in [4.69, 9.17) is 15.0 Å². The Morgan fingerprint density at radius 1 is 1.27 bits per heavy atom. The standard InChI is InChI=1S/C22H23FN4O3/c1-3-29-21(28)13-25-22(24)26-20-12-19(30-27-20)14(2)16-9-10-17(18(23)11-16)15-7-5-4-6-8-15/h4-12,14H,3,13H2,1-2H3,(H3,24,25,26,27). The van der Waals surface area contributed by atoms with E-state index in [2.05, 4.69) is 15.5 Å². The molecule has 156 valence electrons. The van der Waals surface area contributed by atoms with Crippen molar-refractivity contribution >= 4 is 17.7 Å². The zero-order valence-electron chi connectivity index (χ0n) is 16.8. The predicted molar refractivity (Wildman–Crippen MR) is 113 cm³/mol. The van der Waals surface area contributed by atoms with Crippen LogP contribution < -0.4 is 11.1 Å². The van der Waals surface area contributed by atoms with Gasteiger partial charge in [0.05, 0.1) is 6.61 Å². The second-order valence-electron chi connectivity index (χ2n) is 6.57. The van der Waals surface area contributed by atoms with Crippen LogP contribution in [0.15, 0.2) is 64.1 Å². The van der Waals surface area contributed by atoms with E-state index in [9.17, 15) is 9.18 Å². The van der Waals surface area contributed by atoms with Crippen LogP contribution in [0.25, 0.3) is 11.1 Å². The molecular weight excluding hydrogens is 387 g/mol. The number of benzene rings is 2. The summed E-state index contributed by atoms with van der Waals surface area (Å²) < 4.78 is 24.8. The molecule has 7 nitrogen and oxygen atoms in total. The molecule has 8 heteroatoms. The topological polar surface area (TPSA) is 103 Å². The van der Waals surface area contributed by atoms with Crippen LogP contribution in [0.2, 0.25) is 0 Å². The first-order valence-electron chi connectivity index (χ1n) is 9.52. The van der Waals surface area contributed by atoms with Crippen molar-refractivity contribution in [2.45, 2.75) is 19.8 Å². The summed E-state index contributed by atoms with van der Waals surface area (Å²) in [5, 5.41) is 6.65. The van der Waals surface area contributed by atoms with E-state index in [1.54, 1.807) is 19.1 Å². The highest BCUT2D eigenvalue weighted by Crippen LogP contribution is 2.30. The number of nitrogens with two attached hydrogens (primary N) is 1. The molecule has 1 atom stereocenters. The fourth-order valence-corrected chi connectivity index (χ4v) is 2.90. The van der Waals surface area contributed by atoms with Crippen molar-refractivity contribution in [2.24, 2.45) is 10.7 Å². The summed E-state index contributed by atoms with van der Waals surface area (Å²) in [6.07, 6.45) is 0. The molecule has 3 aromatic rings. The third-order valence-electron chi connectivity index (χ3n) is 4.47. The Kier molecular flexibility index (Phi) is 6.79. The maximum absolute atomic E-state index is 14.7. The van der Waals surface area contributed by atoms with Crippen molar-refractivity contribution in [3.63, 3.8) is 0 Å². The van der Waals surface area contributed by atoms with E-state index in [-0.39, 0.29) is 30.8 Å². The third-order valence-corrected chi connectivity index (χ3v) is 4.47. The summed E-state index contributed by atoms with van der Waals surface area (Å²) in [7, 11) is 0. The molecule has 0 amide bonds. The molecular formula is C22H23FN4O3. The highest BCUT2D eigenvalue weighted by Gasteiger charge is 2.17. The van der Waals surface area contributed by atoms with Gasteiger partial charge in [0.25, 0.3) is 0 Å². The number of nitrogens with zero attached hydrogens (tertiary/aromatic N) is 2. The summed E-state index contributed by atoms with van der Waals surface area (Å²) in [6, 6.07) is 16.1. The van der Waals surface area contributed by atoms with Crippen molar-refractivity contribution in [1.82, 2.24) is 5.16 Å². The number of carbonyl (C=O) groups excluding carboxylic acids is 1. The summed E-state index contributed by atoms with van der Waals surface area (Å²) in [5.74, 6) is -0.138. The number of hydrogen-bond donors (Lipinski definition) is 2. The van der Waals surface area contributed by atoms with Crippen LogP contribution in [0.3, 0.4) is 0 Å². The van der Waals surface area contributed by atoms with Crippen LogP contribution in [0.4, 0.5) is 10.2 Å². The Hall–Kier alpha value is -3.68. The van der Waals surface area contributed by atoms with Crippen molar-refractivity contribution in [3.8, 4) is 11.1 Å². The number of aliphatic imine (C=N–C) groups is 1. The van der Waals surface area contributed by atoms with E-state index >= 15 is 0 Å². The third kappa shape index (κ3) is 5.22. The molecule has 0 aliphatic carbocycles. The van der Waals surface area contributed by atoms with Gasteiger partial charge < -0.3 is 20.3 Å². The van der Waals surface area contributed by atoms with E-state index in [1.165, 1.54) is 6.07 Å². The molecule has 2 aromatic carbocycles. The fourth-order valence-electron chi connectivity index (χ4n) is 2.90. The van der Waals surface area contributed by atoms with Gasteiger partial charge in [0.1, 0.15) is 18.1 Å². The van der Waals surface area contributed by atoms with Crippen LogP contribution >= 0.6 is 0 Å². The normalized spacial score (nSPS) is 12.4. The molecule has 0 fully saturated rings. The Morgan fingerprint density at radius 2 is 2.03 bits per heavy atom. The molecule has 0 saturated carbocycles. The first-order chi connectivity index (χ1) is 14.5. The summed E-state index contributed by atoms with van der Waals surface area (Å²) in [6.45, 7) is 3.68. The second kappa shape index (κ2) is 9.69. The second-order valence-corrected chi connectivity index (χ2v) is 6.57. The molecule has 0 aliphatic heterocycles. The minimum Gasteiger partial charge on any atom is -0.465 e. The lowest BCUT2D eigenvalue weighted by Gasteiger charge is -2.10. The highest BCUT2D eigenvalue weighted by atomic mass is 19.1. The largest absolute Gasteiger partial charge is 0.465 e. The summed E-state index contributed by atoms with van der Waals surface area (Å²) >= 11 is 0. The number of halogens is 1. The quantitative estimate of drug-likeness (QED) is 0.348. The SMILES string of the molecule is CCOC(=O)CN=C(N)Nc1cc(C(C)c2ccc(-c3ccccc3)c(F)c2)on1. The Bertz CT molecular complexity index is 1030. The summed E-state index contributed by atoms with van der Waals surface area (Å²) in [4.78, 5) is 15.2. The molecule has 0 spiro atoms. The molecule has 1 unspecified atom stereocenters. The van der Waals surface area contributed by atoms with Crippen LogP contribution in [0.5, 0.6) is 0 Å².